The van der Waals surface area contributed by atoms with Crippen molar-refractivity contribution in [2.45, 2.75) is 18.2 Å². The zero-order valence-corrected chi connectivity index (χ0v) is 8.48. The Bertz CT molecular complexity index is 117. The molecule has 1 unspecified atom stereocenters. The minimum atomic E-state index is -0.106. The first kappa shape index (κ1) is 10.9. The van der Waals surface area contributed by atoms with Gasteiger partial charge in [0.2, 0.25) is 5.91 Å². The van der Waals surface area contributed by atoms with Crippen LogP contribution in [0.4, 0.5) is 0 Å². The molecule has 0 saturated carbocycles. The number of carbonyl (C=O) groups is 1. The van der Waals surface area contributed by atoms with Crippen molar-refractivity contribution in [2.24, 2.45) is 0 Å². The Morgan fingerprint density at radius 2 is 2.36 bits per heavy atom. The number of rotatable bonds is 5. The van der Waals surface area contributed by atoms with E-state index in [0.717, 1.165) is 6.42 Å². The predicted octanol–water partition coefficient (Wildman–Crippen LogP) is 0.923. The number of methoxy groups -OCH3 is 1. The monoisotopic (exact) mass is 223 g/mol. The fourth-order valence-corrected chi connectivity index (χ4v) is 0.731. The second-order valence-electron chi connectivity index (χ2n) is 2.25. The summed E-state index contributed by atoms with van der Waals surface area (Å²) in [6.45, 7) is 3.17. The Balaban J connectivity index is 3.18. The Hall–Kier alpha value is -0.0900. The number of alkyl halides is 1. The molecule has 0 aromatic carbocycles. The van der Waals surface area contributed by atoms with Crippen molar-refractivity contribution >= 4 is 21.8 Å². The number of carbonyl (C=O) groups excluding carboxylic acids is 1. The SMILES string of the molecule is COCCCNC(=O)C(C)Br. The highest BCUT2D eigenvalue weighted by molar-refractivity contribution is 9.10. The summed E-state index contributed by atoms with van der Waals surface area (Å²) >= 11 is 3.17. The molecule has 0 saturated heterocycles. The van der Waals surface area contributed by atoms with Gasteiger partial charge in [0, 0.05) is 20.3 Å². The average Bonchev–Trinajstić information content (AvgIpc) is 1.97. The third-order valence-corrected chi connectivity index (χ3v) is 1.60. The number of hydrogen-bond acceptors (Lipinski definition) is 2. The summed E-state index contributed by atoms with van der Waals surface area (Å²) in [5.74, 6) is 0.0288. The molecule has 0 fully saturated rings. The van der Waals surface area contributed by atoms with E-state index in [1.807, 2.05) is 0 Å². The normalized spacial score (nSPS) is 12.6. The van der Waals surface area contributed by atoms with E-state index >= 15 is 0 Å². The highest BCUT2D eigenvalue weighted by Gasteiger charge is 2.05. The van der Waals surface area contributed by atoms with Crippen LogP contribution in [0.2, 0.25) is 0 Å². The van der Waals surface area contributed by atoms with E-state index in [1.54, 1.807) is 14.0 Å². The van der Waals surface area contributed by atoms with Crippen molar-refractivity contribution < 1.29 is 9.53 Å². The van der Waals surface area contributed by atoms with Crippen LogP contribution in [0.1, 0.15) is 13.3 Å². The van der Waals surface area contributed by atoms with E-state index in [1.165, 1.54) is 0 Å². The van der Waals surface area contributed by atoms with E-state index in [4.69, 9.17) is 4.74 Å². The zero-order valence-electron chi connectivity index (χ0n) is 6.89. The fraction of sp³-hybridized carbons (Fsp3) is 0.857. The van der Waals surface area contributed by atoms with Gasteiger partial charge in [0.25, 0.3) is 0 Å². The third-order valence-electron chi connectivity index (χ3n) is 1.19. The van der Waals surface area contributed by atoms with Gasteiger partial charge in [-0.25, -0.2) is 0 Å². The molecule has 1 amide bonds. The summed E-state index contributed by atoms with van der Waals surface area (Å²) < 4.78 is 4.82. The molecule has 4 heteroatoms. The number of nitrogens with one attached hydrogen (secondary N) is 1. The molecule has 0 aromatic rings. The lowest BCUT2D eigenvalue weighted by molar-refractivity contribution is -0.120. The lowest BCUT2D eigenvalue weighted by Gasteiger charge is -2.05. The second-order valence-corrected chi connectivity index (χ2v) is 3.63. The molecule has 1 N–H and O–H groups in total. The predicted molar refractivity (Wildman–Crippen MR) is 47.9 cm³/mol. The fourth-order valence-electron chi connectivity index (χ4n) is 0.569. The van der Waals surface area contributed by atoms with Crippen molar-refractivity contribution in [3.8, 4) is 0 Å². The summed E-state index contributed by atoms with van der Waals surface area (Å²) in [7, 11) is 1.65. The second kappa shape index (κ2) is 6.61. The topological polar surface area (TPSA) is 38.3 Å². The number of halogens is 1. The van der Waals surface area contributed by atoms with Crippen LogP contribution in [-0.2, 0) is 9.53 Å². The maximum Gasteiger partial charge on any atom is 0.233 e. The molecule has 0 aliphatic carbocycles. The number of amides is 1. The number of ether oxygens (including phenoxy) is 1. The van der Waals surface area contributed by atoms with Crippen LogP contribution in [0.15, 0.2) is 0 Å². The zero-order chi connectivity index (χ0) is 8.69. The largest absolute Gasteiger partial charge is 0.385 e. The molecule has 0 spiro atoms. The lowest BCUT2D eigenvalue weighted by atomic mass is 10.4. The van der Waals surface area contributed by atoms with Crippen molar-refractivity contribution in [3.05, 3.63) is 0 Å². The van der Waals surface area contributed by atoms with Gasteiger partial charge in [-0.1, -0.05) is 15.9 Å². The quantitative estimate of drug-likeness (QED) is 0.557. The van der Waals surface area contributed by atoms with Crippen LogP contribution in [-0.4, -0.2) is 31.0 Å². The Morgan fingerprint density at radius 1 is 1.73 bits per heavy atom. The van der Waals surface area contributed by atoms with Gasteiger partial charge in [-0.3, -0.25) is 4.79 Å². The maximum atomic E-state index is 10.9. The molecular weight excluding hydrogens is 210 g/mol. The summed E-state index contributed by atoms with van der Waals surface area (Å²) in [6, 6.07) is 0. The van der Waals surface area contributed by atoms with Gasteiger partial charge in [-0.15, -0.1) is 0 Å². The molecule has 0 rings (SSSR count). The van der Waals surface area contributed by atoms with Gasteiger partial charge < -0.3 is 10.1 Å². The van der Waals surface area contributed by atoms with Crippen LogP contribution in [0.5, 0.6) is 0 Å². The summed E-state index contributed by atoms with van der Waals surface area (Å²) in [4.78, 5) is 10.8. The third kappa shape index (κ3) is 6.31. The maximum absolute atomic E-state index is 10.9. The minimum absolute atomic E-state index is 0.0288. The van der Waals surface area contributed by atoms with Crippen LogP contribution < -0.4 is 5.32 Å². The highest BCUT2D eigenvalue weighted by Crippen LogP contribution is 1.95. The van der Waals surface area contributed by atoms with Crippen LogP contribution in [0.3, 0.4) is 0 Å². The summed E-state index contributed by atoms with van der Waals surface area (Å²) in [5.41, 5.74) is 0. The molecule has 1 atom stereocenters. The Morgan fingerprint density at radius 3 is 2.82 bits per heavy atom. The Kier molecular flexibility index (Phi) is 6.56. The molecule has 0 aliphatic rings. The molecule has 3 nitrogen and oxygen atoms in total. The molecular formula is C7H14BrNO2. The smallest absolute Gasteiger partial charge is 0.233 e. The standard InChI is InChI=1S/C7H14BrNO2/c1-6(8)7(10)9-4-3-5-11-2/h6H,3-5H2,1-2H3,(H,9,10). The van der Waals surface area contributed by atoms with Gasteiger partial charge in [-0.05, 0) is 13.3 Å². The summed E-state index contributed by atoms with van der Waals surface area (Å²) in [5, 5.41) is 2.75. The van der Waals surface area contributed by atoms with Crippen molar-refractivity contribution in [3.63, 3.8) is 0 Å². The van der Waals surface area contributed by atoms with Crippen molar-refractivity contribution in [1.29, 1.82) is 0 Å². The molecule has 0 heterocycles. The molecule has 66 valence electrons. The van der Waals surface area contributed by atoms with Gasteiger partial charge in [0.15, 0.2) is 0 Å². The van der Waals surface area contributed by atoms with E-state index < -0.39 is 0 Å². The average molecular weight is 224 g/mol. The first-order chi connectivity index (χ1) is 5.18. The first-order valence-corrected chi connectivity index (χ1v) is 4.50. The molecule has 0 aliphatic heterocycles. The van der Waals surface area contributed by atoms with Gasteiger partial charge in [-0.2, -0.15) is 0 Å². The van der Waals surface area contributed by atoms with E-state index in [0.29, 0.717) is 13.2 Å². The van der Waals surface area contributed by atoms with Gasteiger partial charge in [0.1, 0.15) is 0 Å². The first-order valence-electron chi connectivity index (χ1n) is 3.59. The minimum Gasteiger partial charge on any atom is -0.385 e. The lowest BCUT2D eigenvalue weighted by Crippen LogP contribution is -2.30. The van der Waals surface area contributed by atoms with E-state index in [-0.39, 0.29) is 10.7 Å². The molecule has 11 heavy (non-hydrogen) atoms. The van der Waals surface area contributed by atoms with Crippen LogP contribution >= 0.6 is 15.9 Å². The van der Waals surface area contributed by atoms with Crippen molar-refractivity contribution in [2.75, 3.05) is 20.3 Å². The highest BCUT2D eigenvalue weighted by atomic mass is 79.9. The van der Waals surface area contributed by atoms with E-state index in [2.05, 4.69) is 21.2 Å². The molecule has 0 radical (unpaired) electrons. The van der Waals surface area contributed by atoms with Crippen molar-refractivity contribution in [1.82, 2.24) is 5.32 Å². The summed E-state index contributed by atoms with van der Waals surface area (Å²) in [6.07, 6.45) is 0.863. The van der Waals surface area contributed by atoms with Gasteiger partial charge >= 0.3 is 0 Å². The van der Waals surface area contributed by atoms with Crippen LogP contribution in [0, 0.1) is 0 Å². The van der Waals surface area contributed by atoms with E-state index in [9.17, 15) is 4.79 Å². The van der Waals surface area contributed by atoms with Gasteiger partial charge in [0.05, 0.1) is 4.83 Å². The number of hydrogen-bond donors (Lipinski definition) is 1. The Labute approximate surface area is 75.6 Å². The molecule has 0 aromatic heterocycles. The molecule has 0 bridgehead atoms. The van der Waals surface area contributed by atoms with Crippen LogP contribution in [0.25, 0.3) is 0 Å².